The molecule has 1 unspecified atom stereocenters. The van der Waals surface area contributed by atoms with Crippen molar-refractivity contribution in [2.24, 2.45) is 0 Å². The summed E-state index contributed by atoms with van der Waals surface area (Å²) >= 11 is 0. The molecule has 1 N–H and O–H groups in total. The van der Waals surface area contributed by atoms with Gasteiger partial charge in [-0.25, -0.2) is 8.78 Å². The molecule has 15 heavy (non-hydrogen) atoms. The van der Waals surface area contributed by atoms with Gasteiger partial charge in [0.1, 0.15) is 6.10 Å². The number of nitrogens with zero attached hydrogens (tertiary/aromatic N) is 1. The van der Waals surface area contributed by atoms with Crippen LogP contribution in [0.1, 0.15) is 25.7 Å². The van der Waals surface area contributed by atoms with E-state index in [0.717, 1.165) is 4.90 Å². The second-order valence-electron chi connectivity index (χ2n) is 3.51. The fraction of sp³-hybridized carbons (Fsp3) is 0.778. The third-order valence-electron chi connectivity index (χ3n) is 2.29. The quantitative estimate of drug-likeness (QED) is 0.708. The van der Waals surface area contributed by atoms with E-state index in [-0.39, 0.29) is 12.8 Å². The third kappa shape index (κ3) is 3.23. The highest BCUT2D eigenvalue weighted by molar-refractivity contribution is 5.96. The van der Waals surface area contributed by atoms with Crippen LogP contribution in [0, 0.1) is 0 Å². The van der Waals surface area contributed by atoms with E-state index < -0.39 is 30.9 Å². The largest absolute Gasteiger partial charge is 0.385 e. The number of rotatable bonds is 3. The minimum absolute atomic E-state index is 0.182. The molecule has 2 amide bonds. The normalized spacial score (nSPS) is 20.7. The van der Waals surface area contributed by atoms with Crippen molar-refractivity contribution in [2.75, 3.05) is 6.54 Å². The van der Waals surface area contributed by atoms with Crippen molar-refractivity contribution in [1.82, 2.24) is 4.90 Å². The zero-order valence-corrected chi connectivity index (χ0v) is 8.16. The number of aliphatic hydroxyl groups excluding tert-OH is 1. The number of hydrogen-bond donors (Lipinski definition) is 1. The number of imide groups is 1. The maximum absolute atomic E-state index is 12.0. The SMILES string of the molecule is O=C1CCCCC(=O)N1CC(O)C(F)F. The highest BCUT2D eigenvalue weighted by Gasteiger charge is 2.29. The maximum atomic E-state index is 12.0. The van der Waals surface area contributed by atoms with E-state index in [1.54, 1.807) is 0 Å². The van der Waals surface area contributed by atoms with Crippen LogP contribution in [0.2, 0.25) is 0 Å². The van der Waals surface area contributed by atoms with Crippen LogP contribution in [-0.2, 0) is 9.59 Å². The number of alkyl halides is 2. The number of amides is 2. The van der Waals surface area contributed by atoms with Crippen LogP contribution in [-0.4, -0.2) is 40.9 Å². The molecule has 0 spiro atoms. The molecular formula is C9H13F2NO3. The van der Waals surface area contributed by atoms with Crippen LogP contribution >= 0.6 is 0 Å². The molecule has 1 fully saturated rings. The molecule has 0 bridgehead atoms. The van der Waals surface area contributed by atoms with Crippen molar-refractivity contribution in [3.05, 3.63) is 0 Å². The lowest BCUT2D eigenvalue weighted by atomic mass is 10.2. The average molecular weight is 221 g/mol. The minimum Gasteiger partial charge on any atom is -0.385 e. The van der Waals surface area contributed by atoms with E-state index in [1.165, 1.54) is 0 Å². The number of aliphatic hydroxyl groups is 1. The molecule has 0 radical (unpaired) electrons. The molecular weight excluding hydrogens is 208 g/mol. The zero-order chi connectivity index (χ0) is 11.4. The number of hydrogen-bond acceptors (Lipinski definition) is 3. The van der Waals surface area contributed by atoms with Crippen LogP contribution in [0.5, 0.6) is 0 Å². The van der Waals surface area contributed by atoms with Gasteiger partial charge in [-0.15, -0.1) is 0 Å². The molecule has 0 aromatic heterocycles. The molecule has 1 heterocycles. The van der Waals surface area contributed by atoms with Crippen LogP contribution in [0.25, 0.3) is 0 Å². The lowest BCUT2D eigenvalue weighted by Crippen LogP contribution is -2.42. The Balaban J connectivity index is 2.63. The van der Waals surface area contributed by atoms with Gasteiger partial charge in [-0.2, -0.15) is 0 Å². The third-order valence-corrected chi connectivity index (χ3v) is 2.29. The number of carbonyl (C=O) groups is 2. The molecule has 1 aliphatic heterocycles. The first kappa shape index (κ1) is 12.0. The molecule has 4 nitrogen and oxygen atoms in total. The Morgan fingerprint density at radius 3 is 2.07 bits per heavy atom. The average Bonchev–Trinajstić information content (AvgIpc) is 2.32. The smallest absolute Gasteiger partial charge is 0.265 e. The summed E-state index contributed by atoms with van der Waals surface area (Å²) in [5, 5.41) is 8.91. The predicted octanol–water partition coefficient (Wildman–Crippen LogP) is 0.542. The van der Waals surface area contributed by atoms with Crippen molar-refractivity contribution in [1.29, 1.82) is 0 Å². The number of β-amino-alcohol motifs (C(OH)–C–C–N with tert-alkyl or cyclic N) is 1. The molecule has 1 saturated heterocycles. The monoisotopic (exact) mass is 221 g/mol. The van der Waals surface area contributed by atoms with Crippen molar-refractivity contribution in [3.8, 4) is 0 Å². The first-order chi connectivity index (χ1) is 7.02. The highest BCUT2D eigenvalue weighted by Crippen LogP contribution is 2.14. The molecule has 0 aliphatic carbocycles. The van der Waals surface area contributed by atoms with Gasteiger partial charge in [-0.1, -0.05) is 0 Å². The summed E-state index contributed by atoms with van der Waals surface area (Å²) in [6, 6.07) is 0. The fourth-order valence-corrected chi connectivity index (χ4v) is 1.43. The summed E-state index contributed by atoms with van der Waals surface area (Å²) in [6.07, 6.45) is -3.34. The summed E-state index contributed by atoms with van der Waals surface area (Å²) in [5.74, 6) is -0.950. The van der Waals surface area contributed by atoms with Gasteiger partial charge in [0, 0.05) is 12.8 Å². The minimum atomic E-state index is -2.94. The fourth-order valence-electron chi connectivity index (χ4n) is 1.43. The Morgan fingerprint density at radius 2 is 1.67 bits per heavy atom. The van der Waals surface area contributed by atoms with E-state index in [1.807, 2.05) is 0 Å². The molecule has 1 aliphatic rings. The molecule has 86 valence electrons. The predicted molar refractivity (Wildman–Crippen MR) is 47.2 cm³/mol. The van der Waals surface area contributed by atoms with E-state index in [0.29, 0.717) is 12.8 Å². The van der Waals surface area contributed by atoms with Crippen LogP contribution in [0.4, 0.5) is 8.78 Å². The van der Waals surface area contributed by atoms with Gasteiger partial charge in [0.2, 0.25) is 11.8 Å². The second kappa shape index (κ2) is 5.16. The Hall–Kier alpha value is -1.04. The van der Waals surface area contributed by atoms with E-state index in [4.69, 9.17) is 5.11 Å². The van der Waals surface area contributed by atoms with Gasteiger partial charge in [0.25, 0.3) is 6.43 Å². The second-order valence-corrected chi connectivity index (χ2v) is 3.51. The summed E-state index contributed by atoms with van der Waals surface area (Å²) in [6.45, 7) is -0.602. The topological polar surface area (TPSA) is 57.6 Å². The van der Waals surface area contributed by atoms with Gasteiger partial charge in [-0.05, 0) is 12.8 Å². The molecule has 6 heteroatoms. The number of halogens is 2. The summed E-state index contributed by atoms with van der Waals surface area (Å²) in [4.78, 5) is 23.4. The Labute approximate surface area is 85.9 Å². The Bertz CT molecular complexity index is 240. The van der Waals surface area contributed by atoms with Crippen molar-refractivity contribution < 1.29 is 23.5 Å². The molecule has 0 aromatic carbocycles. The molecule has 1 rings (SSSR count). The Kier molecular flexibility index (Phi) is 4.14. The van der Waals surface area contributed by atoms with Crippen LogP contribution < -0.4 is 0 Å². The van der Waals surface area contributed by atoms with Crippen molar-refractivity contribution >= 4 is 11.8 Å². The molecule has 1 atom stereocenters. The lowest BCUT2D eigenvalue weighted by molar-refractivity contribution is -0.147. The molecule has 0 aromatic rings. The first-order valence-electron chi connectivity index (χ1n) is 4.82. The number of carbonyl (C=O) groups excluding carboxylic acids is 2. The van der Waals surface area contributed by atoms with Crippen molar-refractivity contribution in [2.45, 2.75) is 38.2 Å². The Morgan fingerprint density at radius 1 is 1.20 bits per heavy atom. The van der Waals surface area contributed by atoms with E-state index in [9.17, 15) is 18.4 Å². The van der Waals surface area contributed by atoms with Gasteiger partial charge in [0.05, 0.1) is 6.54 Å². The molecule has 0 saturated carbocycles. The van der Waals surface area contributed by atoms with Crippen molar-refractivity contribution in [3.63, 3.8) is 0 Å². The summed E-state index contributed by atoms with van der Waals surface area (Å²) < 4.78 is 24.1. The van der Waals surface area contributed by atoms with Gasteiger partial charge in [0.15, 0.2) is 0 Å². The van der Waals surface area contributed by atoms with Gasteiger partial charge >= 0.3 is 0 Å². The number of likely N-dealkylation sites (tertiary alicyclic amines) is 1. The standard InChI is InChI=1S/C9H13F2NO3/c10-9(11)6(13)5-12-7(14)3-1-2-4-8(12)15/h6,9,13H,1-5H2. The zero-order valence-electron chi connectivity index (χ0n) is 8.16. The van der Waals surface area contributed by atoms with Gasteiger partial charge in [-0.3, -0.25) is 14.5 Å². The van der Waals surface area contributed by atoms with E-state index in [2.05, 4.69) is 0 Å². The lowest BCUT2D eigenvalue weighted by Gasteiger charge is -2.21. The van der Waals surface area contributed by atoms with Gasteiger partial charge < -0.3 is 5.11 Å². The van der Waals surface area contributed by atoms with E-state index >= 15 is 0 Å². The first-order valence-corrected chi connectivity index (χ1v) is 4.82. The highest BCUT2D eigenvalue weighted by atomic mass is 19.3. The van der Waals surface area contributed by atoms with Crippen LogP contribution in [0.15, 0.2) is 0 Å². The summed E-state index contributed by atoms with van der Waals surface area (Å²) in [5.41, 5.74) is 0. The maximum Gasteiger partial charge on any atom is 0.265 e. The summed E-state index contributed by atoms with van der Waals surface area (Å²) in [7, 11) is 0. The van der Waals surface area contributed by atoms with Crippen LogP contribution in [0.3, 0.4) is 0 Å².